The molecule has 3 saturated heterocycles. The van der Waals surface area contributed by atoms with Crippen molar-refractivity contribution >= 4 is 23.4 Å². The summed E-state index contributed by atoms with van der Waals surface area (Å²) in [6.45, 7) is 10.7. The van der Waals surface area contributed by atoms with Crippen molar-refractivity contribution in [3.63, 3.8) is 0 Å². The van der Waals surface area contributed by atoms with Crippen molar-refractivity contribution in [2.45, 2.75) is 95.3 Å². The van der Waals surface area contributed by atoms with Gasteiger partial charge in [0.2, 0.25) is 11.8 Å². The number of nitrogens with zero attached hydrogens (tertiary/aromatic N) is 2. The van der Waals surface area contributed by atoms with Crippen LogP contribution < -0.4 is 16.0 Å². The van der Waals surface area contributed by atoms with E-state index in [0.717, 1.165) is 64.2 Å². The summed E-state index contributed by atoms with van der Waals surface area (Å²) in [7, 11) is 0. The third kappa shape index (κ3) is 8.06. The van der Waals surface area contributed by atoms with Crippen molar-refractivity contribution in [3.05, 3.63) is 34.9 Å². The zero-order valence-electron chi connectivity index (χ0n) is 25.7. The van der Waals surface area contributed by atoms with E-state index in [4.69, 9.17) is 16.3 Å². The molecular formula is C33H52ClN5O3. The van der Waals surface area contributed by atoms with Crippen molar-refractivity contribution < 1.29 is 14.3 Å². The van der Waals surface area contributed by atoms with Gasteiger partial charge in [-0.2, -0.15) is 0 Å². The maximum atomic E-state index is 14.1. The van der Waals surface area contributed by atoms with Gasteiger partial charge in [0.25, 0.3) is 0 Å². The smallest absolute Gasteiger partial charge is 0.240 e. The van der Waals surface area contributed by atoms with Crippen molar-refractivity contribution in [1.29, 1.82) is 0 Å². The molecule has 234 valence electrons. The predicted molar refractivity (Wildman–Crippen MR) is 168 cm³/mol. The Bertz CT molecular complexity index is 1020. The van der Waals surface area contributed by atoms with Crippen LogP contribution in [-0.4, -0.2) is 97.8 Å². The molecule has 8 nitrogen and oxygen atoms in total. The minimum absolute atomic E-state index is 0.0369. The first kappa shape index (κ1) is 31.7. The number of amides is 2. The van der Waals surface area contributed by atoms with Crippen molar-refractivity contribution in [3.8, 4) is 0 Å². The Morgan fingerprint density at radius 2 is 1.74 bits per heavy atom. The van der Waals surface area contributed by atoms with E-state index in [2.05, 4.69) is 25.8 Å². The van der Waals surface area contributed by atoms with Gasteiger partial charge in [-0.05, 0) is 62.1 Å². The summed E-state index contributed by atoms with van der Waals surface area (Å²) in [4.78, 5) is 31.6. The fourth-order valence-corrected chi connectivity index (χ4v) is 7.71. The van der Waals surface area contributed by atoms with Crippen LogP contribution in [-0.2, 0) is 20.7 Å². The van der Waals surface area contributed by atoms with E-state index in [-0.39, 0.29) is 29.3 Å². The highest BCUT2D eigenvalue weighted by Crippen LogP contribution is 2.39. The number of nitrogens with one attached hydrogen (secondary N) is 3. The van der Waals surface area contributed by atoms with Crippen LogP contribution in [0.2, 0.25) is 5.02 Å². The molecule has 2 amide bonds. The minimum Gasteiger partial charge on any atom is -0.379 e. The van der Waals surface area contributed by atoms with Gasteiger partial charge < -0.3 is 25.6 Å². The molecular weight excluding hydrogens is 550 g/mol. The van der Waals surface area contributed by atoms with Crippen molar-refractivity contribution in [2.75, 3.05) is 52.5 Å². The molecule has 0 radical (unpaired) electrons. The lowest BCUT2D eigenvalue weighted by Crippen LogP contribution is -2.62. The lowest BCUT2D eigenvalue weighted by molar-refractivity contribution is -0.136. The number of hydrogen-bond donors (Lipinski definition) is 3. The molecule has 1 saturated carbocycles. The van der Waals surface area contributed by atoms with Gasteiger partial charge in [-0.15, -0.1) is 0 Å². The van der Waals surface area contributed by atoms with Crippen LogP contribution in [0.3, 0.4) is 0 Å². The molecule has 0 aromatic heterocycles. The molecule has 4 aliphatic rings. The predicted octanol–water partition coefficient (Wildman–Crippen LogP) is 3.62. The molecule has 4 fully saturated rings. The lowest BCUT2D eigenvalue weighted by atomic mass is 9.69. The average Bonchev–Trinajstić information content (AvgIpc) is 3.50. The second-order valence-corrected chi connectivity index (χ2v) is 13.8. The van der Waals surface area contributed by atoms with Gasteiger partial charge in [0.05, 0.1) is 19.3 Å². The van der Waals surface area contributed by atoms with Gasteiger partial charge in [0, 0.05) is 67.8 Å². The molecule has 1 aromatic carbocycles. The number of ether oxygens (including phenoxy) is 1. The highest BCUT2D eigenvalue weighted by atomic mass is 35.5. The second kappa shape index (κ2) is 14.8. The number of carbonyl (C=O) groups excluding carboxylic acids is 2. The first-order chi connectivity index (χ1) is 20.3. The minimum atomic E-state index is -0.303. The third-order valence-corrected chi connectivity index (χ3v) is 10.5. The zero-order valence-corrected chi connectivity index (χ0v) is 26.5. The van der Waals surface area contributed by atoms with Gasteiger partial charge in [-0.25, -0.2) is 0 Å². The van der Waals surface area contributed by atoms with Crippen LogP contribution in [0.15, 0.2) is 24.3 Å². The fraction of sp³-hybridized carbons (Fsp3) is 0.758. The molecule has 3 atom stereocenters. The van der Waals surface area contributed by atoms with E-state index in [1.165, 1.54) is 32.1 Å². The fourth-order valence-electron chi connectivity index (χ4n) is 7.59. The molecule has 42 heavy (non-hydrogen) atoms. The first-order valence-electron chi connectivity index (χ1n) is 16.5. The van der Waals surface area contributed by atoms with Gasteiger partial charge >= 0.3 is 0 Å². The van der Waals surface area contributed by atoms with E-state index in [1.54, 1.807) is 0 Å². The number of piperidine rings is 1. The Morgan fingerprint density at radius 1 is 1.05 bits per heavy atom. The number of carbonyl (C=O) groups is 2. The Hall–Kier alpha value is -1.71. The number of morpholine rings is 1. The summed E-state index contributed by atoms with van der Waals surface area (Å²) in [5.74, 6) is 0.773. The molecule has 3 aliphatic heterocycles. The number of rotatable bonds is 10. The van der Waals surface area contributed by atoms with Crippen LogP contribution >= 0.6 is 11.6 Å². The Morgan fingerprint density at radius 3 is 2.40 bits per heavy atom. The lowest BCUT2D eigenvalue weighted by Gasteiger charge is -2.49. The first-order valence-corrected chi connectivity index (χ1v) is 16.8. The molecule has 3 heterocycles. The molecule has 1 aromatic rings. The summed E-state index contributed by atoms with van der Waals surface area (Å²) < 4.78 is 5.54. The Kier molecular flexibility index (Phi) is 11.2. The van der Waals surface area contributed by atoms with E-state index < -0.39 is 0 Å². The monoisotopic (exact) mass is 601 g/mol. The summed E-state index contributed by atoms with van der Waals surface area (Å²) in [6, 6.07) is 8.42. The molecule has 0 bridgehead atoms. The molecule has 5 rings (SSSR count). The SMILES string of the molecule is CC(C)C(=O)NC1(C2CCCCC2)CCN(C(=O)[C@@H](Cc2ccc(Cl)cc2)NC[C@H]2C[C@@H](N3CCOCC3)CN2)CC1. The van der Waals surface area contributed by atoms with E-state index >= 15 is 0 Å². The van der Waals surface area contributed by atoms with Crippen LogP contribution in [0.1, 0.15) is 70.8 Å². The van der Waals surface area contributed by atoms with Crippen LogP contribution in [0.5, 0.6) is 0 Å². The summed E-state index contributed by atoms with van der Waals surface area (Å²) >= 11 is 6.16. The van der Waals surface area contributed by atoms with Crippen LogP contribution in [0.25, 0.3) is 0 Å². The highest BCUT2D eigenvalue weighted by molar-refractivity contribution is 6.30. The Labute approximate surface area is 257 Å². The van der Waals surface area contributed by atoms with E-state index in [9.17, 15) is 9.59 Å². The van der Waals surface area contributed by atoms with Gasteiger partial charge in [0.15, 0.2) is 0 Å². The van der Waals surface area contributed by atoms with Crippen molar-refractivity contribution in [2.24, 2.45) is 11.8 Å². The van der Waals surface area contributed by atoms with E-state index in [1.807, 2.05) is 38.1 Å². The molecule has 9 heteroatoms. The zero-order chi connectivity index (χ0) is 29.5. The number of halogens is 1. The topological polar surface area (TPSA) is 85.9 Å². The van der Waals surface area contributed by atoms with Gasteiger partial charge in [0.1, 0.15) is 0 Å². The number of likely N-dealkylation sites (tertiary alicyclic amines) is 1. The summed E-state index contributed by atoms with van der Waals surface area (Å²) in [5.41, 5.74) is 0.911. The maximum absolute atomic E-state index is 14.1. The van der Waals surface area contributed by atoms with E-state index in [0.29, 0.717) is 42.5 Å². The molecule has 3 N–H and O–H groups in total. The summed E-state index contributed by atoms with van der Waals surface area (Å²) in [6.07, 6.45) is 9.49. The Balaban J connectivity index is 1.23. The maximum Gasteiger partial charge on any atom is 0.240 e. The molecule has 0 unspecified atom stereocenters. The quantitative estimate of drug-likeness (QED) is 0.380. The number of hydrogen-bond acceptors (Lipinski definition) is 6. The number of benzene rings is 1. The van der Waals surface area contributed by atoms with Crippen LogP contribution in [0, 0.1) is 11.8 Å². The normalized spacial score (nSPS) is 26.3. The van der Waals surface area contributed by atoms with Gasteiger partial charge in [-0.3, -0.25) is 14.5 Å². The average molecular weight is 602 g/mol. The largest absolute Gasteiger partial charge is 0.379 e. The van der Waals surface area contributed by atoms with Crippen molar-refractivity contribution in [1.82, 2.24) is 25.8 Å². The standard InChI is InChI=1S/C33H52ClN5O3/c1-24(2)31(40)37-33(26-6-4-3-5-7-26)12-14-39(15-13-33)32(41)30(20-25-8-10-27(34)11-9-25)36-22-28-21-29(23-35-28)38-16-18-42-19-17-38/h8-11,24,26,28-30,35-36H,3-7,12-23H2,1-2H3,(H,37,40)/t28-,29-,30-/m1/s1. The highest BCUT2D eigenvalue weighted by Gasteiger charge is 2.44. The second-order valence-electron chi connectivity index (χ2n) is 13.4. The molecule has 0 spiro atoms. The third-order valence-electron chi connectivity index (χ3n) is 10.3. The summed E-state index contributed by atoms with van der Waals surface area (Å²) in [5, 5.41) is 11.6. The van der Waals surface area contributed by atoms with Gasteiger partial charge in [-0.1, -0.05) is 56.8 Å². The van der Waals surface area contributed by atoms with Crippen LogP contribution in [0.4, 0.5) is 0 Å². The molecule has 1 aliphatic carbocycles.